The summed E-state index contributed by atoms with van der Waals surface area (Å²) in [6.45, 7) is 4.42. The molecule has 2 aliphatic heterocycles. The van der Waals surface area contributed by atoms with E-state index in [4.69, 9.17) is 4.42 Å². The third-order valence-electron chi connectivity index (χ3n) is 6.81. The van der Waals surface area contributed by atoms with E-state index in [0.717, 1.165) is 38.8 Å². The van der Waals surface area contributed by atoms with E-state index in [-0.39, 0.29) is 23.2 Å². The molecule has 2 aromatic rings. The second kappa shape index (κ2) is 6.67. The van der Waals surface area contributed by atoms with Gasteiger partial charge in [0.1, 0.15) is 5.69 Å². The topological polar surface area (TPSA) is 97.4 Å². The summed E-state index contributed by atoms with van der Waals surface area (Å²) in [6, 6.07) is 0. The first-order valence-electron chi connectivity index (χ1n) is 10.3. The summed E-state index contributed by atoms with van der Waals surface area (Å²) in [7, 11) is 1.83. The Labute approximate surface area is 169 Å². The number of amides is 2. The summed E-state index contributed by atoms with van der Waals surface area (Å²) in [6.07, 6.45) is 6.98. The third-order valence-corrected chi connectivity index (χ3v) is 6.81. The van der Waals surface area contributed by atoms with Crippen LogP contribution in [-0.2, 0) is 11.8 Å². The molecule has 9 nitrogen and oxygen atoms in total. The molecule has 0 bridgehead atoms. The first kappa shape index (κ1) is 18.3. The molecule has 3 aliphatic rings. The zero-order chi connectivity index (χ0) is 20.2. The van der Waals surface area contributed by atoms with E-state index in [2.05, 4.69) is 15.2 Å². The van der Waals surface area contributed by atoms with Crippen molar-refractivity contribution in [2.75, 3.05) is 26.2 Å². The fraction of sp³-hybridized carbons (Fsp3) is 0.650. The van der Waals surface area contributed by atoms with Crippen molar-refractivity contribution < 1.29 is 14.0 Å². The van der Waals surface area contributed by atoms with E-state index >= 15 is 0 Å². The average molecular weight is 398 g/mol. The number of carbonyl (C=O) groups excluding carboxylic acids is 2. The molecule has 1 atom stereocenters. The zero-order valence-electron chi connectivity index (χ0n) is 16.9. The van der Waals surface area contributed by atoms with Gasteiger partial charge in [-0.1, -0.05) is 0 Å². The number of hydrogen-bond acceptors (Lipinski definition) is 6. The molecule has 1 saturated carbocycles. The molecule has 1 unspecified atom stereocenters. The fourth-order valence-corrected chi connectivity index (χ4v) is 4.91. The lowest BCUT2D eigenvalue weighted by atomic mass is 9.70. The number of likely N-dealkylation sites (tertiary alicyclic amines) is 2. The van der Waals surface area contributed by atoms with Crippen molar-refractivity contribution in [1.29, 1.82) is 0 Å². The number of aromatic nitrogens is 4. The number of piperidine rings is 1. The van der Waals surface area contributed by atoms with E-state index in [1.807, 2.05) is 16.8 Å². The Bertz CT molecular complexity index is 938. The Morgan fingerprint density at radius 3 is 2.52 bits per heavy atom. The summed E-state index contributed by atoms with van der Waals surface area (Å²) in [5.41, 5.74) is 0.428. The van der Waals surface area contributed by atoms with E-state index in [1.54, 1.807) is 24.0 Å². The van der Waals surface area contributed by atoms with E-state index in [9.17, 15) is 9.59 Å². The van der Waals surface area contributed by atoms with E-state index < -0.39 is 0 Å². The van der Waals surface area contributed by atoms with Crippen LogP contribution in [0.1, 0.15) is 53.9 Å². The number of rotatable bonds is 3. The van der Waals surface area contributed by atoms with Crippen LogP contribution in [0.3, 0.4) is 0 Å². The lowest BCUT2D eigenvalue weighted by molar-refractivity contribution is -0.135. The molecule has 0 radical (unpaired) electrons. The number of imidazole rings is 1. The van der Waals surface area contributed by atoms with Crippen LogP contribution in [0.2, 0.25) is 0 Å². The standard InChI is InChI=1S/C20H26N6O3/c1-13-22-23-17(29-13)15-10-26(19(28)16-9-21-12-24(16)2)11-20(15)5-7-25(8-6-20)18(27)14-3-4-14/h9,12,14-15H,3-8,10-11H2,1-2H3. The van der Waals surface area contributed by atoms with Crippen molar-refractivity contribution in [2.45, 2.75) is 38.5 Å². The van der Waals surface area contributed by atoms with Gasteiger partial charge in [-0.2, -0.15) is 0 Å². The number of nitrogens with zero attached hydrogens (tertiary/aromatic N) is 6. The van der Waals surface area contributed by atoms with Crippen molar-refractivity contribution in [2.24, 2.45) is 18.4 Å². The molecule has 9 heteroatoms. The quantitative estimate of drug-likeness (QED) is 0.775. The van der Waals surface area contributed by atoms with Gasteiger partial charge >= 0.3 is 0 Å². The number of carbonyl (C=O) groups is 2. The number of aryl methyl sites for hydroxylation is 2. The maximum atomic E-state index is 13.1. The first-order chi connectivity index (χ1) is 14.0. The molecule has 2 saturated heterocycles. The van der Waals surface area contributed by atoms with Crippen LogP contribution in [0.15, 0.2) is 16.9 Å². The minimum absolute atomic E-state index is 0.0148. The summed E-state index contributed by atoms with van der Waals surface area (Å²) in [5.74, 6) is 1.63. The van der Waals surface area contributed by atoms with Gasteiger partial charge in [-0.05, 0) is 25.7 Å². The average Bonchev–Trinajstić information content (AvgIpc) is 3.18. The molecule has 2 amide bonds. The first-order valence-corrected chi connectivity index (χ1v) is 10.3. The lowest BCUT2D eigenvalue weighted by Gasteiger charge is -2.41. The van der Waals surface area contributed by atoms with Crippen LogP contribution >= 0.6 is 0 Å². The summed E-state index contributed by atoms with van der Waals surface area (Å²) >= 11 is 0. The molecule has 2 aromatic heterocycles. The highest BCUT2D eigenvalue weighted by Gasteiger charge is 2.53. The molecule has 154 valence electrons. The molecular weight excluding hydrogens is 372 g/mol. The molecular formula is C20H26N6O3. The van der Waals surface area contributed by atoms with Gasteiger partial charge in [0.2, 0.25) is 17.7 Å². The van der Waals surface area contributed by atoms with Crippen LogP contribution in [-0.4, -0.2) is 67.5 Å². The minimum Gasteiger partial charge on any atom is -0.425 e. The molecule has 0 aromatic carbocycles. The largest absolute Gasteiger partial charge is 0.425 e. The van der Waals surface area contributed by atoms with E-state index in [0.29, 0.717) is 36.5 Å². The number of hydrogen-bond donors (Lipinski definition) is 0. The van der Waals surface area contributed by atoms with Crippen LogP contribution < -0.4 is 0 Å². The van der Waals surface area contributed by atoms with Crippen molar-refractivity contribution in [3.05, 3.63) is 30.0 Å². The van der Waals surface area contributed by atoms with Crippen LogP contribution in [0.5, 0.6) is 0 Å². The lowest BCUT2D eigenvalue weighted by Crippen LogP contribution is -2.46. The van der Waals surface area contributed by atoms with Gasteiger partial charge in [-0.25, -0.2) is 4.98 Å². The van der Waals surface area contributed by atoms with Crippen molar-refractivity contribution >= 4 is 11.8 Å². The molecule has 0 N–H and O–H groups in total. The van der Waals surface area contributed by atoms with Crippen molar-refractivity contribution in [3.63, 3.8) is 0 Å². The van der Waals surface area contributed by atoms with Gasteiger partial charge in [0.15, 0.2) is 0 Å². The monoisotopic (exact) mass is 398 g/mol. The fourth-order valence-electron chi connectivity index (χ4n) is 4.91. The van der Waals surface area contributed by atoms with Gasteiger partial charge in [-0.3, -0.25) is 9.59 Å². The Kier molecular flexibility index (Phi) is 4.22. The Balaban J connectivity index is 1.40. The Hall–Kier alpha value is -2.71. The second-order valence-electron chi connectivity index (χ2n) is 8.75. The second-order valence-corrected chi connectivity index (χ2v) is 8.75. The zero-order valence-corrected chi connectivity index (χ0v) is 16.9. The van der Waals surface area contributed by atoms with Crippen molar-refractivity contribution in [3.8, 4) is 0 Å². The molecule has 3 fully saturated rings. The van der Waals surface area contributed by atoms with Gasteiger partial charge in [0, 0.05) is 51.5 Å². The molecule has 5 rings (SSSR count). The maximum Gasteiger partial charge on any atom is 0.272 e. The molecule has 29 heavy (non-hydrogen) atoms. The highest BCUT2D eigenvalue weighted by molar-refractivity contribution is 5.92. The van der Waals surface area contributed by atoms with Gasteiger partial charge < -0.3 is 18.8 Å². The van der Waals surface area contributed by atoms with E-state index in [1.165, 1.54) is 0 Å². The van der Waals surface area contributed by atoms with Crippen LogP contribution in [0.25, 0.3) is 0 Å². The Morgan fingerprint density at radius 2 is 1.93 bits per heavy atom. The predicted octanol–water partition coefficient (Wildman–Crippen LogP) is 1.37. The van der Waals surface area contributed by atoms with Gasteiger partial charge in [0.05, 0.1) is 18.4 Å². The van der Waals surface area contributed by atoms with Crippen LogP contribution in [0, 0.1) is 18.3 Å². The van der Waals surface area contributed by atoms with Gasteiger partial charge in [0.25, 0.3) is 5.91 Å². The predicted molar refractivity (Wildman–Crippen MR) is 102 cm³/mol. The summed E-state index contributed by atoms with van der Waals surface area (Å²) < 4.78 is 7.55. The summed E-state index contributed by atoms with van der Waals surface area (Å²) in [4.78, 5) is 33.6. The maximum absolute atomic E-state index is 13.1. The SMILES string of the molecule is Cc1nnc(C2CN(C(=O)c3cncn3C)CC23CCN(C(=O)C2CC2)CC3)o1. The highest BCUT2D eigenvalue weighted by atomic mass is 16.4. The van der Waals surface area contributed by atoms with Crippen LogP contribution in [0.4, 0.5) is 0 Å². The van der Waals surface area contributed by atoms with Gasteiger partial charge in [-0.15, -0.1) is 10.2 Å². The van der Waals surface area contributed by atoms with Crippen molar-refractivity contribution in [1.82, 2.24) is 29.5 Å². The molecule has 4 heterocycles. The smallest absolute Gasteiger partial charge is 0.272 e. The molecule has 1 aliphatic carbocycles. The highest BCUT2D eigenvalue weighted by Crippen LogP contribution is 2.50. The molecule has 1 spiro atoms. The minimum atomic E-state index is -0.145. The normalized spacial score (nSPS) is 23.7. The summed E-state index contributed by atoms with van der Waals surface area (Å²) in [5, 5.41) is 8.31. The third kappa shape index (κ3) is 3.12. The Morgan fingerprint density at radius 1 is 1.17 bits per heavy atom.